The minimum Gasteiger partial charge on any atom is -0.355 e. The molecule has 0 radical (unpaired) electrons. The molecule has 0 aliphatic carbocycles. The van der Waals surface area contributed by atoms with Gasteiger partial charge in [0.25, 0.3) is 0 Å². The first-order chi connectivity index (χ1) is 8.59. The Hall–Kier alpha value is -1.35. The van der Waals surface area contributed by atoms with Crippen LogP contribution < -0.4 is 11.1 Å². The molecule has 1 amide bonds. The largest absolute Gasteiger partial charge is 0.355 e. The molecular weight excluding hydrogens is 224 g/mol. The lowest BCUT2D eigenvalue weighted by Crippen LogP contribution is -2.41. The molecule has 3 nitrogen and oxygen atoms in total. The van der Waals surface area contributed by atoms with Crippen LogP contribution in [0.3, 0.4) is 0 Å². The van der Waals surface area contributed by atoms with E-state index in [-0.39, 0.29) is 11.9 Å². The second-order valence-electron chi connectivity index (χ2n) is 5.12. The van der Waals surface area contributed by atoms with E-state index >= 15 is 0 Å². The third-order valence-corrected chi connectivity index (χ3v) is 2.85. The molecule has 0 spiro atoms. The van der Waals surface area contributed by atoms with Crippen molar-refractivity contribution < 1.29 is 4.79 Å². The van der Waals surface area contributed by atoms with Crippen LogP contribution in [0, 0.1) is 5.92 Å². The Kier molecular flexibility index (Phi) is 6.44. The van der Waals surface area contributed by atoms with Gasteiger partial charge in [0.15, 0.2) is 0 Å². The van der Waals surface area contributed by atoms with E-state index in [1.807, 2.05) is 18.2 Å². The smallest absolute Gasteiger partial charge is 0.236 e. The first-order valence-corrected chi connectivity index (χ1v) is 6.67. The standard InChI is InChI=1S/C15H24N2O/c1-12(2)11-14(16)15(18)17-10-6-9-13-7-4-3-5-8-13/h3-5,7-8,12,14H,6,9-11,16H2,1-2H3,(H,17,18). The molecule has 0 bridgehead atoms. The van der Waals surface area contributed by atoms with Crippen LogP contribution in [0.15, 0.2) is 30.3 Å². The molecule has 0 saturated heterocycles. The Morgan fingerprint density at radius 2 is 1.94 bits per heavy atom. The number of aryl methyl sites for hydroxylation is 1. The van der Waals surface area contributed by atoms with Crippen LogP contribution in [0.5, 0.6) is 0 Å². The Morgan fingerprint density at radius 1 is 1.28 bits per heavy atom. The van der Waals surface area contributed by atoms with Gasteiger partial charge in [0.05, 0.1) is 6.04 Å². The lowest BCUT2D eigenvalue weighted by atomic mass is 10.0. The fourth-order valence-electron chi connectivity index (χ4n) is 1.89. The quantitative estimate of drug-likeness (QED) is 0.726. The molecule has 1 unspecified atom stereocenters. The second kappa shape index (κ2) is 7.88. The van der Waals surface area contributed by atoms with Gasteiger partial charge < -0.3 is 11.1 Å². The number of carbonyl (C=O) groups excluding carboxylic acids is 1. The van der Waals surface area contributed by atoms with Gasteiger partial charge in [0.1, 0.15) is 0 Å². The number of nitrogens with two attached hydrogens (primary N) is 1. The first-order valence-electron chi connectivity index (χ1n) is 6.67. The average molecular weight is 248 g/mol. The summed E-state index contributed by atoms with van der Waals surface area (Å²) in [5, 5.41) is 2.89. The average Bonchev–Trinajstić information content (AvgIpc) is 2.34. The highest BCUT2D eigenvalue weighted by molar-refractivity contribution is 5.81. The van der Waals surface area contributed by atoms with Crippen molar-refractivity contribution in [2.24, 2.45) is 11.7 Å². The Balaban J connectivity index is 2.16. The Bertz CT molecular complexity index is 349. The van der Waals surface area contributed by atoms with Gasteiger partial charge in [-0.2, -0.15) is 0 Å². The van der Waals surface area contributed by atoms with Crippen LogP contribution >= 0.6 is 0 Å². The van der Waals surface area contributed by atoms with Crippen molar-refractivity contribution in [2.75, 3.05) is 6.54 Å². The minimum atomic E-state index is -0.373. The number of hydrogen-bond donors (Lipinski definition) is 2. The van der Waals surface area contributed by atoms with E-state index in [2.05, 4.69) is 31.3 Å². The van der Waals surface area contributed by atoms with Crippen molar-refractivity contribution in [3.05, 3.63) is 35.9 Å². The summed E-state index contributed by atoms with van der Waals surface area (Å²) in [6.45, 7) is 4.84. The highest BCUT2D eigenvalue weighted by Crippen LogP contribution is 2.03. The topological polar surface area (TPSA) is 55.1 Å². The molecule has 0 aliphatic heterocycles. The van der Waals surface area contributed by atoms with Crippen molar-refractivity contribution in [3.8, 4) is 0 Å². The normalized spacial score (nSPS) is 12.4. The summed E-state index contributed by atoms with van der Waals surface area (Å²) in [4.78, 5) is 11.7. The predicted molar refractivity (Wildman–Crippen MR) is 75.2 cm³/mol. The van der Waals surface area contributed by atoms with E-state index in [1.165, 1.54) is 5.56 Å². The van der Waals surface area contributed by atoms with E-state index in [1.54, 1.807) is 0 Å². The van der Waals surface area contributed by atoms with Gasteiger partial charge >= 0.3 is 0 Å². The lowest BCUT2D eigenvalue weighted by molar-refractivity contribution is -0.122. The van der Waals surface area contributed by atoms with Crippen molar-refractivity contribution in [1.82, 2.24) is 5.32 Å². The predicted octanol–water partition coefficient (Wildman–Crippen LogP) is 2.11. The molecule has 3 heteroatoms. The summed E-state index contributed by atoms with van der Waals surface area (Å²) >= 11 is 0. The van der Waals surface area contributed by atoms with E-state index in [0.29, 0.717) is 12.5 Å². The van der Waals surface area contributed by atoms with E-state index in [4.69, 9.17) is 5.73 Å². The molecule has 1 aromatic rings. The maximum Gasteiger partial charge on any atom is 0.236 e. The van der Waals surface area contributed by atoms with Crippen molar-refractivity contribution in [3.63, 3.8) is 0 Å². The molecule has 1 aromatic carbocycles. The van der Waals surface area contributed by atoms with Crippen molar-refractivity contribution >= 4 is 5.91 Å². The van der Waals surface area contributed by atoms with Gasteiger partial charge in [-0.15, -0.1) is 0 Å². The SMILES string of the molecule is CC(C)CC(N)C(=O)NCCCc1ccccc1. The highest BCUT2D eigenvalue weighted by Gasteiger charge is 2.13. The van der Waals surface area contributed by atoms with Crippen LogP contribution in [0.1, 0.15) is 32.3 Å². The molecule has 100 valence electrons. The fraction of sp³-hybridized carbons (Fsp3) is 0.533. The van der Waals surface area contributed by atoms with Gasteiger partial charge in [0.2, 0.25) is 5.91 Å². The zero-order valence-corrected chi connectivity index (χ0v) is 11.4. The molecule has 0 heterocycles. The number of rotatable bonds is 7. The summed E-state index contributed by atoms with van der Waals surface area (Å²) in [5.74, 6) is 0.423. The molecule has 18 heavy (non-hydrogen) atoms. The zero-order chi connectivity index (χ0) is 13.4. The van der Waals surface area contributed by atoms with Gasteiger partial charge in [-0.25, -0.2) is 0 Å². The van der Waals surface area contributed by atoms with E-state index < -0.39 is 0 Å². The molecular formula is C15H24N2O. The van der Waals surface area contributed by atoms with Crippen LogP contribution in [0.25, 0.3) is 0 Å². The number of benzene rings is 1. The fourth-order valence-corrected chi connectivity index (χ4v) is 1.89. The number of amides is 1. The Morgan fingerprint density at radius 3 is 2.56 bits per heavy atom. The lowest BCUT2D eigenvalue weighted by Gasteiger charge is -2.14. The summed E-state index contributed by atoms with van der Waals surface area (Å²) in [5.41, 5.74) is 7.10. The van der Waals surface area contributed by atoms with Crippen LogP contribution in [-0.2, 0) is 11.2 Å². The summed E-state index contributed by atoms with van der Waals surface area (Å²) in [6.07, 6.45) is 2.68. The van der Waals surface area contributed by atoms with E-state index in [9.17, 15) is 4.79 Å². The van der Waals surface area contributed by atoms with Crippen molar-refractivity contribution in [1.29, 1.82) is 0 Å². The molecule has 1 atom stereocenters. The summed E-state index contributed by atoms with van der Waals surface area (Å²) < 4.78 is 0. The molecule has 0 fully saturated rings. The molecule has 0 saturated carbocycles. The van der Waals surface area contributed by atoms with Crippen molar-refractivity contribution in [2.45, 2.75) is 39.2 Å². The molecule has 0 aromatic heterocycles. The van der Waals surface area contributed by atoms with Gasteiger partial charge in [-0.3, -0.25) is 4.79 Å². The maximum absolute atomic E-state index is 11.7. The van der Waals surface area contributed by atoms with Gasteiger partial charge in [-0.05, 0) is 30.7 Å². The van der Waals surface area contributed by atoms with E-state index in [0.717, 1.165) is 19.3 Å². The van der Waals surface area contributed by atoms with Gasteiger partial charge in [-0.1, -0.05) is 44.2 Å². The van der Waals surface area contributed by atoms with Gasteiger partial charge in [0, 0.05) is 6.54 Å². The summed E-state index contributed by atoms with van der Waals surface area (Å²) in [7, 11) is 0. The van der Waals surface area contributed by atoms with Crippen LogP contribution in [0.4, 0.5) is 0 Å². The highest BCUT2D eigenvalue weighted by atomic mass is 16.2. The summed E-state index contributed by atoms with van der Waals surface area (Å²) in [6, 6.07) is 9.91. The number of nitrogens with one attached hydrogen (secondary N) is 1. The van der Waals surface area contributed by atoms with Crippen LogP contribution in [-0.4, -0.2) is 18.5 Å². The van der Waals surface area contributed by atoms with Crippen LogP contribution in [0.2, 0.25) is 0 Å². The minimum absolute atomic E-state index is 0.0308. The second-order valence-corrected chi connectivity index (χ2v) is 5.12. The first kappa shape index (κ1) is 14.7. The monoisotopic (exact) mass is 248 g/mol. The molecule has 0 aliphatic rings. The molecule has 3 N–H and O–H groups in total. The number of hydrogen-bond acceptors (Lipinski definition) is 2. The third-order valence-electron chi connectivity index (χ3n) is 2.85. The third kappa shape index (κ3) is 5.82. The molecule has 1 rings (SSSR count). The maximum atomic E-state index is 11.7. The number of carbonyl (C=O) groups is 1. The Labute approximate surface area is 110 Å². The zero-order valence-electron chi connectivity index (χ0n) is 11.4.